The number of pyridine rings is 1. The molecular weight excluding hydrogens is 316 g/mol. The van der Waals surface area contributed by atoms with Crippen molar-refractivity contribution < 1.29 is 4.79 Å². The maximum Gasteiger partial charge on any atom is 0.228 e. The quantitative estimate of drug-likeness (QED) is 0.492. The van der Waals surface area contributed by atoms with Crippen LogP contribution in [-0.4, -0.2) is 36.0 Å². The highest BCUT2D eigenvalue weighted by Gasteiger charge is 2.21. The van der Waals surface area contributed by atoms with Gasteiger partial charge in [0.2, 0.25) is 5.91 Å². The Morgan fingerprint density at radius 2 is 2.08 bits per heavy atom. The van der Waals surface area contributed by atoms with Gasteiger partial charge in [0.05, 0.1) is 5.70 Å². The third-order valence-electron chi connectivity index (χ3n) is 4.36. The number of anilines is 1. The molecule has 7 nitrogen and oxygen atoms in total. The van der Waals surface area contributed by atoms with Crippen LogP contribution in [0.4, 0.5) is 5.82 Å². The zero-order valence-electron chi connectivity index (χ0n) is 14.3. The molecule has 6 N–H and O–H groups in total. The highest BCUT2D eigenvalue weighted by atomic mass is 16.1. The molecule has 1 aliphatic heterocycles. The number of amides is 1. The normalized spacial score (nSPS) is 16.0. The lowest BCUT2D eigenvalue weighted by atomic mass is 9.97. The summed E-state index contributed by atoms with van der Waals surface area (Å²) >= 11 is 0. The topological polar surface area (TPSA) is 109 Å². The van der Waals surface area contributed by atoms with E-state index < -0.39 is 0 Å². The van der Waals surface area contributed by atoms with Crippen LogP contribution in [0.25, 0.3) is 16.5 Å². The van der Waals surface area contributed by atoms with E-state index in [4.69, 9.17) is 11.6 Å². The van der Waals surface area contributed by atoms with Crippen molar-refractivity contribution in [2.75, 3.05) is 25.5 Å². The molecule has 1 aliphatic rings. The minimum atomic E-state index is 0.0358. The summed E-state index contributed by atoms with van der Waals surface area (Å²) in [5.41, 5.74) is 7.49. The molecule has 3 rings (SSSR count). The Kier molecular flexibility index (Phi) is 5.16. The van der Waals surface area contributed by atoms with Gasteiger partial charge in [-0.15, -0.1) is 0 Å². The van der Waals surface area contributed by atoms with Crippen molar-refractivity contribution in [2.24, 2.45) is 17.5 Å². The van der Waals surface area contributed by atoms with Gasteiger partial charge in [-0.05, 0) is 49.0 Å². The molecule has 7 heteroatoms. The van der Waals surface area contributed by atoms with Crippen LogP contribution in [0, 0.1) is 5.92 Å². The third-order valence-corrected chi connectivity index (χ3v) is 4.36. The Labute approximate surface area is 147 Å². The Balaban J connectivity index is 1.81. The van der Waals surface area contributed by atoms with Gasteiger partial charge in [-0.3, -0.25) is 4.79 Å². The van der Waals surface area contributed by atoms with Crippen molar-refractivity contribution in [1.29, 1.82) is 0 Å². The fourth-order valence-corrected chi connectivity index (χ4v) is 3.00. The summed E-state index contributed by atoms with van der Waals surface area (Å²) in [5.74, 6) is 6.25. The van der Waals surface area contributed by atoms with Gasteiger partial charge in [0, 0.05) is 30.7 Å². The average molecular weight is 340 g/mol. The predicted octanol–water partition coefficient (Wildman–Crippen LogP) is 1.24. The lowest BCUT2D eigenvalue weighted by molar-refractivity contribution is -0.120. The number of hydrazine groups is 1. The molecule has 25 heavy (non-hydrogen) atoms. The van der Waals surface area contributed by atoms with Crippen LogP contribution >= 0.6 is 0 Å². The van der Waals surface area contributed by atoms with E-state index in [1.165, 1.54) is 5.01 Å². The smallest absolute Gasteiger partial charge is 0.228 e. The van der Waals surface area contributed by atoms with Crippen LogP contribution in [0.3, 0.4) is 0 Å². The zero-order chi connectivity index (χ0) is 17.8. The van der Waals surface area contributed by atoms with Crippen molar-refractivity contribution in [3.05, 3.63) is 42.2 Å². The molecule has 0 atom stereocenters. The molecule has 0 saturated carbocycles. The Morgan fingerprint density at radius 3 is 2.80 bits per heavy atom. The van der Waals surface area contributed by atoms with Crippen molar-refractivity contribution in [3.63, 3.8) is 0 Å². The molecule has 0 spiro atoms. The number of fused-ring (bicyclic) bond motifs is 1. The van der Waals surface area contributed by atoms with Gasteiger partial charge in [-0.1, -0.05) is 12.1 Å². The first kappa shape index (κ1) is 17.2. The monoisotopic (exact) mass is 340 g/mol. The van der Waals surface area contributed by atoms with Gasteiger partial charge in [-0.2, -0.15) is 0 Å². The molecule has 2 heterocycles. The first-order chi connectivity index (χ1) is 12.0. The van der Waals surface area contributed by atoms with Gasteiger partial charge in [0.25, 0.3) is 0 Å². The zero-order valence-corrected chi connectivity index (χ0v) is 14.3. The van der Waals surface area contributed by atoms with Crippen LogP contribution in [0.5, 0.6) is 0 Å². The van der Waals surface area contributed by atoms with Gasteiger partial charge in [-0.25, -0.2) is 10.8 Å². The largest absolute Gasteiger partial charge is 0.397 e. The molecule has 0 bridgehead atoms. The second-order valence-electron chi connectivity index (χ2n) is 6.39. The van der Waals surface area contributed by atoms with Crippen LogP contribution in [-0.2, 0) is 4.79 Å². The standard InChI is InChI=1S/C18H24N6O/c1-24(20)11-16(19)13-2-3-14-10-22-17(9-15(14)8-13)23-18(25)12-4-6-21-7-5-12/h2-3,8-12,21H,4-7,19-20H2,1H3,(H,22,23,25)/b16-11-. The molecule has 1 aromatic heterocycles. The summed E-state index contributed by atoms with van der Waals surface area (Å²) < 4.78 is 0. The minimum absolute atomic E-state index is 0.0358. The number of piperidine rings is 1. The van der Waals surface area contributed by atoms with E-state index in [9.17, 15) is 4.79 Å². The minimum Gasteiger partial charge on any atom is -0.397 e. The van der Waals surface area contributed by atoms with Crippen LogP contribution in [0.15, 0.2) is 36.7 Å². The molecular formula is C18H24N6O. The SMILES string of the molecule is CN(N)/C=C(\N)c1ccc2cnc(NC(=O)C3CCNCC3)cc2c1. The third kappa shape index (κ3) is 4.26. The number of carbonyl (C=O) groups excluding carboxylic acids is 1. The Morgan fingerprint density at radius 1 is 1.32 bits per heavy atom. The lowest BCUT2D eigenvalue weighted by Crippen LogP contribution is -2.34. The summed E-state index contributed by atoms with van der Waals surface area (Å²) in [6.07, 6.45) is 5.13. The molecule has 0 aliphatic carbocycles. The number of benzene rings is 1. The highest BCUT2D eigenvalue weighted by molar-refractivity contribution is 5.94. The van der Waals surface area contributed by atoms with Gasteiger partial charge in [0.1, 0.15) is 5.82 Å². The van der Waals surface area contributed by atoms with Crippen molar-refractivity contribution >= 4 is 28.2 Å². The van der Waals surface area contributed by atoms with Crippen molar-refractivity contribution in [2.45, 2.75) is 12.8 Å². The molecule has 132 valence electrons. The number of hydrogen-bond donors (Lipinski definition) is 4. The van der Waals surface area contributed by atoms with Crippen LogP contribution in [0.2, 0.25) is 0 Å². The summed E-state index contributed by atoms with van der Waals surface area (Å²) in [6.45, 7) is 1.77. The molecule has 0 unspecified atom stereocenters. The number of carbonyl (C=O) groups is 1. The van der Waals surface area contributed by atoms with E-state index >= 15 is 0 Å². The van der Waals surface area contributed by atoms with E-state index in [0.29, 0.717) is 11.5 Å². The molecule has 1 amide bonds. The van der Waals surface area contributed by atoms with E-state index in [0.717, 1.165) is 42.3 Å². The number of aromatic nitrogens is 1. The highest BCUT2D eigenvalue weighted by Crippen LogP contribution is 2.22. The van der Waals surface area contributed by atoms with Gasteiger partial charge in [0.15, 0.2) is 0 Å². The molecule has 2 aromatic rings. The first-order valence-electron chi connectivity index (χ1n) is 8.39. The predicted molar refractivity (Wildman–Crippen MR) is 100 cm³/mol. The summed E-state index contributed by atoms with van der Waals surface area (Å²) in [6, 6.07) is 7.71. The van der Waals surface area contributed by atoms with E-state index in [1.54, 1.807) is 19.4 Å². The Bertz CT molecular complexity index is 795. The maximum absolute atomic E-state index is 12.4. The van der Waals surface area contributed by atoms with Crippen molar-refractivity contribution in [3.8, 4) is 0 Å². The average Bonchev–Trinajstić information content (AvgIpc) is 2.61. The summed E-state index contributed by atoms with van der Waals surface area (Å²) in [7, 11) is 1.71. The number of nitrogens with zero attached hydrogens (tertiary/aromatic N) is 2. The number of hydrogen-bond acceptors (Lipinski definition) is 6. The van der Waals surface area contributed by atoms with E-state index in [2.05, 4.69) is 15.6 Å². The second-order valence-corrected chi connectivity index (χ2v) is 6.39. The summed E-state index contributed by atoms with van der Waals surface area (Å²) in [5, 5.41) is 9.55. The maximum atomic E-state index is 12.4. The van der Waals surface area contributed by atoms with Crippen LogP contribution in [0.1, 0.15) is 18.4 Å². The molecule has 1 aromatic carbocycles. The van der Waals surface area contributed by atoms with Gasteiger partial charge < -0.3 is 21.4 Å². The number of nitrogens with one attached hydrogen (secondary N) is 2. The van der Waals surface area contributed by atoms with Crippen molar-refractivity contribution in [1.82, 2.24) is 15.3 Å². The number of nitrogens with two attached hydrogens (primary N) is 2. The van der Waals surface area contributed by atoms with E-state index in [-0.39, 0.29) is 11.8 Å². The second kappa shape index (κ2) is 7.50. The summed E-state index contributed by atoms with van der Waals surface area (Å²) in [4.78, 5) is 16.7. The molecule has 0 radical (unpaired) electrons. The fraction of sp³-hybridized carbons (Fsp3) is 0.333. The fourth-order valence-electron chi connectivity index (χ4n) is 3.00. The van der Waals surface area contributed by atoms with E-state index in [1.807, 2.05) is 24.3 Å². The van der Waals surface area contributed by atoms with Crippen LogP contribution < -0.4 is 22.2 Å². The first-order valence-corrected chi connectivity index (χ1v) is 8.39. The number of rotatable bonds is 4. The lowest BCUT2D eigenvalue weighted by Gasteiger charge is -2.21. The molecule has 1 fully saturated rings. The molecule has 1 saturated heterocycles. The Hall–Kier alpha value is -2.64. The van der Waals surface area contributed by atoms with Gasteiger partial charge >= 0.3 is 0 Å².